The first-order chi connectivity index (χ1) is 21.8. The third-order valence-electron chi connectivity index (χ3n) is 7.72. The normalized spacial score (nSPS) is 20.3. The molecule has 1 saturated heterocycles. The number of nitrogens with zero attached hydrogens (tertiary/aromatic N) is 2. The Bertz CT molecular complexity index is 1570. The molecule has 1 aliphatic heterocycles. The SMILES string of the molecule is CC(=O)O[C@@H](C)C(=O)NCc1ccccc1-c1ccc([C@@H]2O[C@H](CSc3ncccn3)[C@H](C)[C@H](c3ccc(CO)cc3)O2)cc1. The first kappa shape index (κ1) is 32.3. The van der Waals surface area contributed by atoms with Gasteiger partial charge in [-0.1, -0.05) is 91.5 Å². The van der Waals surface area contributed by atoms with Crippen LogP contribution in [0, 0.1) is 5.92 Å². The Morgan fingerprint density at radius 1 is 0.956 bits per heavy atom. The van der Waals surface area contributed by atoms with Crippen molar-refractivity contribution in [1.82, 2.24) is 15.3 Å². The number of rotatable bonds is 11. The molecule has 234 valence electrons. The van der Waals surface area contributed by atoms with Gasteiger partial charge < -0.3 is 24.6 Å². The predicted octanol–water partition coefficient (Wildman–Crippen LogP) is 5.79. The third-order valence-corrected chi connectivity index (χ3v) is 8.68. The van der Waals surface area contributed by atoms with Gasteiger partial charge in [-0.15, -0.1) is 0 Å². The number of carbonyl (C=O) groups excluding carboxylic acids is 2. The lowest BCUT2D eigenvalue weighted by Crippen LogP contribution is -2.38. The van der Waals surface area contributed by atoms with Gasteiger partial charge in [0.2, 0.25) is 0 Å². The summed E-state index contributed by atoms with van der Waals surface area (Å²) < 4.78 is 18.2. The summed E-state index contributed by atoms with van der Waals surface area (Å²) in [6, 6.07) is 25.5. The van der Waals surface area contributed by atoms with Crippen molar-refractivity contribution in [2.75, 3.05) is 5.75 Å². The van der Waals surface area contributed by atoms with E-state index >= 15 is 0 Å². The summed E-state index contributed by atoms with van der Waals surface area (Å²) in [6.45, 7) is 5.23. The molecule has 1 aromatic heterocycles. The smallest absolute Gasteiger partial charge is 0.303 e. The molecular weight excluding hydrogens is 590 g/mol. The molecular formula is C35H37N3O6S. The van der Waals surface area contributed by atoms with Crippen molar-refractivity contribution in [2.24, 2.45) is 5.92 Å². The van der Waals surface area contributed by atoms with Gasteiger partial charge in [-0.3, -0.25) is 9.59 Å². The van der Waals surface area contributed by atoms with Gasteiger partial charge in [0.15, 0.2) is 17.6 Å². The first-order valence-corrected chi connectivity index (χ1v) is 15.8. The van der Waals surface area contributed by atoms with Gasteiger partial charge in [0, 0.05) is 43.1 Å². The number of benzene rings is 3. The molecule has 2 heterocycles. The number of aliphatic hydroxyl groups is 1. The Hall–Kier alpha value is -4.09. The minimum atomic E-state index is -0.869. The topological polar surface area (TPSA) is 120 Å². The van der Waals surface area contributed by atoms with Gasteiger partial charge in [0.05, 0.1) is 18.8 Å². The molecule has 0 aliphatic carbocycles. The molecule has 1 fully saturated rings. The van der Waals surface area contributed by atoms with Gasteiger partial charge in [-0.2, -0.15) is 0 Å². The number of amides is 1. The highest BCUT2D eigenvalue weighted by molar-refractivity contribution is 7.99. The van der Waals surface area contributed by atoms with E-state index in [2.05, 4.69) is 22.2 Å². The number of ether oxygens (including phenoxy) is 3. The quantitative estimate of drug-likeness (QED) is 0.121. The van der Waals surface area contributed by atoms with Crippen molar-refractivity contribution >= 4 is 23.6 Å². The lowest BCUT2D eigenvalue weighted by molar-refractivity contribution is -0.268. The van der Waals surface area contributed by atoms with Crippen LogP contribution in [0.25, 0.3) is 11.1 Å². The zero-order valence-corrected chi connectivity index (χ0v) is 26.3. The Labute approximate surface area is 267 Å². The highest BCUT2D eigenvalue weighted by Gasteiger charge is 2.38. The van der Waals surface area contributed by atoms with Crippen LogP contribution in [0.5, 0.6) is 0 Å². The second kappa shape index (κ2) is 15.3. The number of hydrogen-bond acceptors (Lipinski definition) is 9. The van der Waals surface area contributed by atoms with Crippen molar-refractivity contribution in [3.05, 3.63) is 114 Å². The fraction of sp³-hybridized carbons (Fsp3) is 0.314. The fourth-order valence-electron chi connectivity index (χ4n) is 5.23. The number of nitrogens with one attached hydrogen (secondary N) is 1. The van der Waals surface area contributed by atoms with Gasteiger partial charge in [-0.25, -0.2) is 9.97 Å². The largest absolute Gasteiger partial charge is 0.453 e. The van der Waals surface area contributed by atoms with Crippen LogP contribution in [0.4, 0.5) is 0 Å². The Morgan fingerprint density at radius 3 is 2.33 bits per heavy atom. The maximum Gasteiger partial charge on any atom is 0.303 e. The minimum absolute atomic E-state index is 0.0152. The van der Waals surface area contributed by atoms with Crippen LogP contribution in [-0.4, -0.2) is 44.9 Å². The highest BCUT2D eigenvalue weighted by atomic mass is 32.2. The molecule has 4 aromatic rings. The Balaban J connectivity index is 1.34. The zero-order chi connectivity index (χ0) is 31.8. The van der Waals surface area contributed by atoms with Crippen molar-refractivity contribution in [3.8, 4) is 11.1 Å². The van der Waals surface area contributed by atoms with Crippen molar-refractivity contribution in [3.63, 3.8) is 0 Å². The number of hydrogen-bond donors (Lipinski definition) is 2. The molecule has 1 amide bonds. The summed E-state index contributed by atoms with van der Waals surface area (Å²) in [5.74, 6) is -0.158. The van der Waals surface area contributed by atoms with Crippen molar-refractivity contribution < 1.29 is 28.9 Å². The van der Waals surface area contributed by atoms with E-state index in [1.54, 1.807) is 37.1 Å². The van der Waals surface area contributed by atoms with Crippen molar-refractivity contribution in [2.45, 2.75) is 63.7 Å². The van der Waals surface area contributed by atoms with Crippen LogP contribution in [0.2, 0.25) is 0 Å². The van der Waals surface area contributed by atoms with Gasteiger partial charge in [0.25, 0.3) is 5.91 Å². The number of aliphatic hydroxyl groups excluding tert-OH is 1. The van der Waals surface area contributed by atoms with Gasteiger partial charge in [-0.05, 0) is 40.8 Å². The van der Waals surface area contributed by atoms with Gasteiger partial charge >= 0.3 is 5.97 Å². The molecule has 0 radical (unpaired) electrons. The molecule has 2 N–H and O–H groups in total. The van der Waals surface area contributed by atoms with E-state index in [0.29, 0.717) is 10.9 Å². The molecule has 10 heteroatoms. The van der Waals surface area contributed by atoms with E-state index in [1.807, 2.05) is 72.8 Å². The van der Waals surface area contributed by atoms with Crippen LogP contribution in [-0.2, 0) is 37.0 Å². The van der Waals surface area contributed by atoms with E-state index in [-0.39, 0.29) is 37.2 Å². The number of carbonyl (C=O) groups is 2. The maximum atomic E-state index is 12.4. The Morgan fingerprint density at radius 2 is 1.64 bits per heavy atom. The van der Waals surface area contributed by atoms with Gasteiger partial charge in [0.1, 0.15) is 0 Å². The highest BCUT2D eigenvalue weighted by Crippen LogP contribution is 2.43. The third kappa shape index (κ3) is 8.34. The lowest BCUT2D eigenvalue weighted by atomic mass is 9.91. The molecule has 3 aromatic carbocycles. The predicted molar refractivity (Wildman–Crippen MR) is 171 cm³/mol. The second-order valence-electron chi connectivity index (χ2n) is 10.9. The molecule has 0 bridgehead atoms. The Kier molecular flexibility index (Phi) is 11.0. The van der Waals surface area contributed by atoms with Crippen LogP contribution in [0.15, 0.2) is 96.4 Å². The number of thioether (sulfide) groups is 1. The van der Waals surface area contributed by atoms with E-state index < -0.39 is 18.4 Å². The second-order valence-corrected chi connectivity index (χ2v) is 11.9. The summed E-state index contributed by atoms with van der Waals surface area (Å²) >= 11 is 1.55. The molecule has 0 unspecified atom stereocenters. The summed E-state index contributed by atoms with van der Waals surface area (Å²) in [5, 5.41) is 13.1. The average Bonchev–Trinajstić information content (AvgIpc) is 3.07. The molecule has 45 heavy (non-hydrogen) atoms. The van der Waals surface area contributed by atoms with Crippen LogP contribution in [0.1, 0.15) is 55.4 Å². The standard InChI is InChI=1S/C35H37N3O6S/c1-22-31(21-45-35-36-17-6-18-37-35)43-34(44-32(22)27-11-9-25(20-39)10-12-27)28-15-13-26(14-16-28)30-8-5-4-7-29(30)19-38-33(41)23(2)42-24(3)40/h4-18,22-23,31-32,34,39H,19-21H2,1-3H3,(H,38,41)/t22-,23-,31+,32+,34+/m0/s1. The summed E-state index contributed by atoms with van der Waals surface area (Å²) in [7, 11) is 0. The monoisotopic (exact) mass is 627 g/mol. The zero-order valence-electron chi connectivity index (χ0n) is 25.5. The van der Waals surface area contributed by atoms with E-state index in [4.69, 9.17) is 14.2 Å². The van der Waals surface area contributed by atoms with Crippen LogP contribution in [0.3, 0.4) is 0 Å². The molecule has 5 rings (SSSR count). The summed E-state index contributed by atoms with van der Waals surface area (Å²) in [4.78, 5) is 32.3. The van der Waals surface area contributed by atoms with Crippen LogP contribution < -0.4 is 5.32 Å². The van der Waals surface area contributed by atoms with E-state index in [9.17, 15) is 14.7 Å². The maximum absolute atomic E-state index is 12.4. The average molecular weight is 628 g/mol. The molecule has 5 atom stereocenters. The number of aromatic nitrogens is 2. The molecule has 9 nitrogen and oxygen atoms in total. The van der Waals surface area contributed by atoms with Crippen LogP contribution >= 0.6 is 11.8 Å². The summed E-state index contributed by atoms with van der Waals surface area (Å²) in [5.41, 5.74) is 5.63. The summed E-state index contributed by atoms with van der Waals surface area (Å²) in [6.07, 6.45) is 1.63. The van der Waals surface area contributed by atoms with E-state index in [1.165, 1.54) is 6.92 Å². The minimum Gasteiger partial charge on any atom is -0.453 e. The first-order valence-electron chi connectivity index (χ1n) is 14.9. The molecule has 1 aliphatic rings. The number of esters is 1. The van der Waals surface area contributed by atoms with Crippen molar-refractivity contribution in [1.29, 1.82) is 0 Å². The molecule has 0 saturated carbocycles. The lowest BCUT2D eigenvalue weighted by Gasteiger charge is -2.41. The van der Waals surface area contributed by atoms with E-state index in [0.717, 1.165) is 33.4 Å². The fourth-order valence-corrected chi connectivity index (χ4v) is 6.20. The molecule has 0 spiro atoms.